The van der Waals surface area contributed by atoms with Gasteiger partial charge >= 0.3 is 0 Å². The summed E-state index contributed by atoms with van der Waals surface area (Å²) in [6.07, 6.45) is 8.04. The molecule has 3 fully saturated rings. The van der Waals surface area contributed by atoms with Crippen molar-refractivity contribution < 1.29 is 14.3 Å². The first-order valence-electron chi connectivity index (χ1n) is 10.3. The highest BCUT2D eigenvalue weighted by Crippen LogP contribution is 2.33. The Hall–Kier alpha value is -1.79. The second-order valence-electron chi connectivity index (χ2n) is 8.00. The summed E-state index contributed by atoms with van der Waals surface area (Å²) in [5, 5.41) is 6.51. The molecule has 2 amide bonds. The zero-order chi connectivity index (χ0) is 18.6. The summed E-state index contributed by atoms with van der Waals surface area (Å²) in [5.74, 6) is 1.29. The van der Waals surface area contributed by atoms with E-state index < -0.39 is 0 Å². The molecule has 6 nitrogen and oxygen atoms in total. The van der Waals surface area contributed by atoms with Gasteiger partial charge in [-0.25, -0.2) is 0 Å². The van der Waals surface area contributed by atoms with Crippen LogP contribution in [0.4, 0.5) is 5.69 Å². The summed E-state index contributed by atoms with van der Waals surface area (Å²) >= 11 is 0. The zero-order valence-electron chi connectivity index (χ0n) is 16.2. The SMILES string of the molecule is Cl.O=C(Nc1cccc(OCC(=O)N2CCCC2)c1)C1CC2CCCCC2N1. The molecular weight excluding hydrogens is 378 g/mol. The topological polar surface area (TPSA) is 70.7 Å². The summed E-state index contributed by atoms with van der Waals surface area (Å²) in [6, 6.07) is 7.69. The van der Waals surface area contributed by atoms with Crippen molar-refractivity contribution in [3.05, 3.63) is 24.3 Å². The van der Waals surface area contributed by atoms with Crippen molar-refractivity contribution >= 4 is 29.9 Å². The highest BCUT2D eigenvalue weighted by atomic mass is 35.5. The third kappa shape index (κ3) is 4.97. The number of hydrogen-bond donors (Lipinski definition) is 2. The molecule has 28 heavy (non-hydrogen) atoms. The number of hydrogen-bond acceptors (Lipinski definition) is 4. The minimum atomic E-state index is -0.112. The van der Waals surface area contributed by atoms with Crippen molar-refractivity contribution in [3.63, 3.8) is 0 Å². The fourth-order valence-electron chi connectivity index (χ4n) is 4.62. The Morgan fingerprint density at radius 1 is 1.14 bits per heavy atom. The van der Waals surface area contributed by atoms with Gasteiger partial charge in [-0.1, -0.05) is 18.9 Å². The number of carbonyl (C=O) groups excluding carboxylic acids is 2. The highest BCUT2D eigenvalue weighted by molar-refractivity contribution is 5.95. The Bertz CT molecular complexity index is 679. The van der Waals surface area contributed by atoms with Crippen LogP contribution in [0.3, 0.4) is 0 Å². The third-order valence-corrected chi connectivity index (χ3v) is 6.10. The predicted molar refractivity (Wildman–Crippen MR) is 111 cm³/mol. The first-order chi connectivity index (χ1) is 13.2. The summed E-state index contributed by atoms with van der Waals surface area (Å²) in [5.41, 5.74) is 0.711. The minimum Gasteiger partial charge on any atom is -0.484 e. The quantitative estimate of drug-likeness (QED) is 0.787. The van der Waals surface area contributed by atoms with E-state index in [0.29, 0.717) is 23.4 Å². The standard InChI is InChI=1S/C21H29N3O3.ClH/c25-20(24-10-3-4-11-24)14-27-17-8-5-7-16(13-17)22-21(26)19-12-15-6-1-2-9-18(15)23-19;/h5,7-8,13,15,18-19,23H,1-4,6,9-12,14H2,(H,22,26);1H. The summed E-state index contributed by atoms with van der Waals surface area (Å²) in [4.78, 5) is 26.6. The number of rotatable bonds is 5. The maximum Gasteiger partial charge on any atom is 0.260 e. The number of ether oxygens (including phenoxy) is 1. The molecule has 154 valence electrons. The van der Waals surface area contributed by atoms with Crippen LogP contribution in [0.15, 0.2) is 24.3 Å². The van der Waals surface area contributed by atoms with Gasteiger partial charge in [-0.15, -0.1) is 12.4 Å². The van der Waals surface area contributed by atoms with E-state index in [4.69, 9.17) is 4.74 Å². The van der Waals surface area contributed by atoms with Crippen molar-refractivity contribution in [2.45, 2.75) is 57.0 Å². The number of halogens is 1. The predicted octanol–water partition coefficient (Wildman–Crippen LogP) is 2.97. The van der Waals surface area contributed by atoms with E-state index in [-0.39, 0.29) is 36.9 Å². The van der Waals surface area contributed by atoms with E-state index in [2.05, 4.69) is 10.6 Å². The number of nitrogens with one attached hydrogen (secondary N) is 2. The summed E-state index contributed by atoms with van der Waals surface area (Å²) < 4.78 is 5.65. The molecule has 0 radical (unpaired) electrons. The fraction of sp³-hybridized carbons (Fsp3) is 0.619. The molecule has 0 spiro atoms. The van der Waals surface area contributed by atoms with Gasteiger partial charge in [-0.3, -0.25) is 9.59 Å². The molecule has 2 aliphatic heterocycles. The number of benzene rings is 1. The molecular formula is C21H30ClN3O3. The van der Waals surface area contributed by atoms with Gasteiger partial charge in [0.15, 0.2) is 6.61 Å². The molecule has 2 heterocycles. The summed E-state index contributed by atoms with van der Waals surface area (Å²) in [6.45, 7) is 1.70. The van der Waals surface area contributed by atoms with E-state index in [1.54, 1.807) is 6.07 Å². The van der Waals surface area contributed by atoms with Gasteiger partial charge in [0.25, 0.3) is 5.91 Å². The maximum absolute atomic E-state index is 12.6. The number of nitrogens with zero attached hydrogens (tertiary/aromatic N) is 1. The van der Waals surface area contributed by atoms with E-state index in [9.17, 15) is 9.59 Å². The number of fused-ring (bicyclic) bond motifs is 1. The molecule has 1 aromatic carbocycles. The van der Waals surface area contributed by atoms with E-state index >= 15 is 0 Å². The lowest BCUT2D eigenvalue weighted by Crippen LogP contribution is -2.39. The van der Waals surface area contributed by atoms with Gasteiger partial charge < -0.3 is 20.3 Å². The Kier molecular flexibility index (Phi) is 7.18. The monoisotopic (exact) mass is 407 g/mol. The van der Waals surface area contributed by atoms with Crippen LogP contribution in [-0.4, -0.2) is 48.5 Å². The van der Waals surface area contributed by atoms with Crippen molar-refractivity contribution in [2.75, 3.05) is 25.0 Å². The molecule has 3 unspecified atom stereocenters. The molecule has 4 rings (SSSR count). The van der Waals surface area contributed by atoms with Crippen molar-refractivity contribution in [1.29, 1.82) is 0 Å². The van der Waals surface area contributed by atoms with Gasteiger partial charge in [-0.2, -0.15) is 0 Å². The third-order valence-electron chi connectivity index (χ3n) is 6.10. The van der Waals surface area contributed by atoms with Crippen molar-refractivity contribution in [3.8, 4) is 5.75 Å². The Balaban J connectivity index is 0.00000225. The average molecular weight is 408 g/mol. The number of anilines is 1. The van der Waals surface area contributed by atoms with Crippen LogP contribution in [0.25, 0.3) is 0 Å². The number of likely N-dealkylation sites (tertiary alicyclic amines) is 1. The molecule has 7 heteroatoms. The van der Waals surface area contributed by atoms with Gasteiger partial charge in [0.05, 0.1) is 6.04 Å². The van der Waals surface area contributed by atoms with E-state index in [0.717, 1.165) is 32.4 Å². The van der Waals surface area contributed by atoms with Crippen molar-refractivity contribution in [2.24, 2.45) is 5.92 Å². The Labute approximate surface area is 172 Å². The first kappa shape index (κ1) is 20.9. The molecule has 0 aromatic heterocycles. The van der Waals surface area contributed by atoms with Crippen LogP contribution in [-0.2, 0) is 9.59 Å². The Morgan fingerprint density at radius 3 is 2.71 bits per heavy atom. The molecule has 1 aromatic rings. The zero-order valence-corrected chi connectivity index (χ0v) is 17.0. The lowest BCUT2D eigenvalue weighted by molar-refractivity contribution is -0.132. The number of amides is 2. The van der Waals surface area contributed by atoms with Gasteiger partial charge in [-0.05, 0) is 50.2 Å². The van der Waals surface area contributed by atoms with Crippen LogP contribution in [0.2, 0.25) is 0 Å². The lowest BCUT2D eigenvalue weighted by Gasteiger charge is -2.24. The summed E-state index contributed by atoms with van der Waals surface area (Å²) in [7, 11) is 0. The lowest BCUT2D eigenvalue weighted by atomic mass is 9.85. The molecule has 2 saturated heterocycles. The maximum atomic E-state index is 12.6. The van der Waals surface area contributed by atoms with E-state index in [1.807, 2.05) is 23.1 Å². The van der Waals surface area contributed by atoms with Crippen molar-refractivity contribution in [1.82, 2.24) is 10.2 Å². The second kappa shape index (κ2) is 9.61. The van der Waals surface area contributed by atoms with Crippen LogP contribution >= 0.6 is 12.4 Å². The van der Waals surface area contributed by atoms with Crippen LogP contribution in [0.1, 0.15) is 44.9 Å². The molecule has 2 N–H and O–H groups in total. The first-order valence-corrected chi connectivity index (χ1v) is 10.3. The van der Waals surface area contributed by atoms with Crippen LogP contribution in [0, 0.1) is 5.92 Å². The van der Waals surface area contributed by atoms with Gasteiger partial charge in [0.2, 0.25) is 5.91 Å². The molecule has 1 saturated carbocycles. The van der Waals surface area contributed by atoms with Crippen LogP contribution < -0.4 is 15.4 Å². The minimum absolute atomic E-state index is 0. The molecule has 3 aliphatic rings. The largest absolute Gasteiger partial charge is 0.484 e. The number of carbonyl (C=O) groups is 2. The Morgan fingerprint density at radius 2 is 1.93 bits per heavy atom. The fourth-order valence-corrected chi connectivity index (χ4v) is 4.62. The molecule has 3 atom stereocenters. The van der Waals surface area contributed by atoms with Gasteiger partial charge in [0.1, 0.15) is 5.75 Å². The molecule has 1 aliphatic carbocycles. The smallest absolute Gasteiger partial charge is 0.260 e. The highest BCUT2D eigenvalue weighted by Gasteiger charge is 2.38. The average Bonchev–Trinajstić information content (AvgIpc) is 3.36. The van der Waals surface area contributed by atoms with E-state index in [1.165, 1.54) is 25.7 Å². The second-order valence-corrected chi connectivity index (χ2v) is 8.00. The molecule has 0 bridgehead atoms. The normalized spacial score (nSPS) is 26.3. The van der Waals surface area contributed by atoms with Crippen LogP contribution in [0.5, 0.6) is 5.75 Å². The van der Waals surface area contributed by atoms with Gasteiger partial charge in [0, 0.05) is 30.9 Å².